The number of likely N-dealkylation sites (tertiary alicyclic amines) is 1. The van der Waals surface area contributed by atoms with Crippen LogP contribution in [-0.4, -0.2) is 25.0 Å². The summed E-state index contributed by atoms with van der Waals surface area (Å²) < 4.78 is 1.10. The normalized spacial score (nSPS) is 21.7. The summed E-state index contributed by atoms with van der Waals surface area (Å²) in [5.41, 5.74) is 0. The highest BCUT2D eigenvalue weighted by molar-refractivity contribution is 9.28. The summed E-state index contributed by atoms with van der Waals surface area (Å²) in [6, 6.07) is 0. The Morgan fingerprint density at radius 3 is 2.36 bits per heavy atom. The van der Waals surface area contributed by atoms with Crippen LogP contribution in [-0.2, 0) is 0 Å². The van der Waals surface area contributed by atoms with Crippen molar-refractivity contribution in [3.05, 3.63) is 9.47 Å². The lowest BCUT2D eigenvalue weighted by Gasteiger charge is -2.26. The number of piperidine rings is 1. The van der Waals surface area contributed by atoms with Gasteiger partial charge in [-0.2, -0.15) is 0 Å². The molecule has 0 aromatic carbocycles. The van der Waals surface area contributed by atoms with E-state index in [0.717, 1.165) is 9.31 Å². The van der Waals surface area contributed by atoms with Crippen molar-refractivity contribution >= 4 is 31.9 Å². The second kappa shape index (κ2) is 4.63. The van der Waals surface area contributed by atoms with Gasteiger partial charge in [-0.25, -0.2) is 0 Å². The van der Waals surface area contributed by atoms with Crippen LogP contribution in [0.4, 0.5) is 0 Å². The molecule has 1 nitrogen and oxygen atoms in total. The fraction of sp³-hybridized carbons (Fsp3) is 0.750. The van der Waals surface area contributed by atoms with Crippen molar-refractivity contribution in [2.75, 3.05) is 20.1 Å². The molecule has 64 valence electrons. The summed E-state index contributed by atoms with van der Waals surface area (Å²) in [5, 5.41) is 0. The molecule has 0 unspecified atom stereocenters. The second-order valence-electron chi connectivity index (χ2n) is 3.10. The van der Waals surface area contributed by atoms with E-state index >= 15 is 0 Å². The molecule has 1 rings (SSSR count). The Morgan fingerprint density at radius 1 is 1.36 bits per heavy atom. The molecule has 1 fully saturated rings. The maximum atomic E-state index is 3.39. The molecule has 0 spiro atoms. The fourth-order valence-corrected chi connectivity index (χ4v) is 2.12. The van der Waals surface area contributed by atoms with Crippen LogP contribution in [0.3, 0.4) is 0 Å². The van der Waals surface area contributed by atoms with Crippen LogP contribution in [0, 0.1) is 5.92 Å². The zero-order chi connectivity index (χ0) is 8.27. The van der Waals surface area contributed by atoms with Crippen LogP contribution in [0.15, 0.2) is 9.47 Å². The molecule has 1 saturated heterocycles. The maximum absolute atomic E-state index is 3.39. The molecule has 0 saturated carbocycles. The van der Waals surface area contributed by atoms with Gasteiger partial charge in [0.15, 0.2) is 0 Å². The van der Waals surface area contributed by atoms with Crippen molar-refractivity contribution in [1.29, 1.82) is 0 Å². The predicted molar refractivity (Wildman–Crippen MR) is 56.2 cm³/mol. The van der Waals surface area contributed by atoms with Crippen LogP contribution < -0.4 is 0 Å². The summed E-state index contributed by atoms with van der Waals surface area (Å²) in [5.74, 6) is 0.764. The van der Waals surface area contributed by atoms with Gasteiger partial charge in [0.25, 0.3) is 0 Å². The lowest BCUT2D eigenvalue weighted by Crippen LogP contribution is -2.29. The van der Waals surface area contributed by atoms with Crippen molar-refractivity contribution in [3.8, 4) is 0 Å². The third-order valence-corrected chi connectivity index (χ3v) is 2.65. The lowest BCUT2D eigenvalue weighted by atomic mass is 9.98. The van der Waals surface area contributed by atoms with Gasteiger partial charge in [0.1, 0.15) is 0 Å². The molecular weight excluding hydrogens is 270 g/mol. The first-order valence-corrected chi connectivity index (χ1v) is 5.48. The molecule has 1 aliphatic heterocycles. The highest BCUT2D eigenvalue weighted by atomic mass is 79.9. The lowest BCUT2D eigenvalue weighted by molar-refractivity contribution is 0.244. The van der Waals surface area contributed by atoms with E-state index in [-0.39, 0.29) is 0 Å². The number of hydrogen-bond acceptors (Lipinski definition) is 1. The van der Waals surface area contributed by atoms with Gasteiger partial charge in [-0.3, -0.25) is 0 Å². The Labute approximate surface area is 85.1 Å². The van der Waals surface area contributed by atoms with E-state index in [1.165, 1.54) is 25.9 Å². The van der Waals surface area contributed by atoms with Crippen LogP contribution in [0.2, 0.25) is 0 Å². The molecule has 0 radical (unpaired) electrons. The molecule has 0 aromatic rings. The summed E-state index contributed by atoms with van der Waals surface area (Å²) in [6.07, 6.45) is 4.83. The van der Waals surface area contributed by atoms with Gasteiger partial charge in [-0.05, 0) is 70.8 Å². The van der Waals surface area contributed by atoms with E-state index in [9.17, 15) is 0 Å². The smallest absolute Gasteiger partial charge is 0.0567 e. The van der Waals surface area contributed by atoms with Crippen LogP contribution in [0.5, 0.6) is 0 Å². The zero-order valence-corrected chi connectivity index (χ0v) is 9.86. The van der Waals surface area contributed by atoms with Gasteiger partial charge >= 0.3 is 0 Å². The number of hydrogen-bond donors (Lipinski definition) is 0. The molecule has 0 atom stereocenters. The van der Waals surface area contributed by atoms with Gasteiger partial charge in [0.05, 0.1) is 3.39 Å². The average Bonchev–Trinajstić information content (AvgIpc) is 1.93. The number of halogens is 2. The first-order valence-electron chi connectivity index (χ1n) is 3.90. The van der Waals surface area contributed by atoms with Gasteiger partial charge in [0.2, 0.25) is 0 Å². The van der Waals surface area contributed by atoms with E-state index in [1.807, 2.05) is 0 Å². The topological polar surface area (TPSA) is 3.24 Å². The molecule has 11 heavy (non-hydrogen) atoms. The van der Waals surface area contributed by atoms with E-state index in [4.69, 9.17) is 0 Å². The fourth-order valence-electron chi connectivity index (χ4n) is 1.37. The van der Waals surface area contributed by atoms with Crippen LogP contribution in [0.1, 0.15) is 12.8 Å². The second-order valence-corrected chi connectivity index (χ2v) is 5.87. The summed E-state index contributed by atoms with van der Waals surface area (Å²) in [4.78, 5) is 2.38. The molecular formula is C8H13Br2N. The maximum Gasteiger partial charge on any atom is 0.0567 e. The van der Waals surface area contributed by atoms with Gasteiger partial charge in [0, 0.05) is 0 Å². The number of allylic oxidation sites excluding steroid dienone is 1. The first kappa shape index (κ1) is 9.75. The minimum absolute atomic E-state index is 0.764. The van der Waals surface area contributed by atoms with Crippen molar-refractivity contribution < 1.29 is 0 Å². The Bertz CT molecular complexity index is 144. The Kier molecular flexibility index (Phi) is 4.10. The van der Waals surface area contributed by atoms with E-state index in [1.54, 1.807) is 0 Å². The number of rotatable bonds is 1. The average molecular weight is 283 g/mol. The predicted octanol–water partition coefficient (Wildman–Crippen LogP) is 2.96. The van der Waals surface area contributed by atoms with E-state index in [0.29, 0.717) is 0 Å². The molecule has 3 heteroatoms. The third kappa shape index (κ3) is 3.72. The largest absolute Gasteiger partial charge is 0.306 e. The van der Waals surface area contributed by atoms with Crippen molar-refractivity contribution in [2.45, 2.75) is 12.8 Å². The molecule has 1 aliphatic rings. The van der Waals surface area contributed by atoms with Gasteiger partial charge in [-0.1, -0.05) is 6.08 Å². The molecule has 1 heterocycles. The third-order valence-electron chi connectivity index (χ3n) is 2.12. The Morgan fingerprint density at radius 2 is 1.91 bits per heavy atom. The molecule has 0 bridgehead atoms. The van der Waals surface area contributed by atoms with Gasteiger partial charge < -0.3 is 4.90 Å². The highest BCUT2D eigenvalue weighted by Gasteiger charge is 2.14. The number of nitrogens with zero attached hydrogens (tertiary/aromatic N) is 1. The standard InChI is InChI=1S/C8H13Br2N/c1-11-4-2-7(3-5-11)6-8(9)10/h6-7H,2-5H2,1H3. The van der Waals surface area contributed by atoms with Crippen molar-refractivity contribution in [3.63, 3.8) is 0 Å². The SMILES string of the molecule is CN1CCC(C=C(Br)Br)CC1. The highest BCUT2D eigenvalue weighted by Crippen LogP contribution is 2.23. The zero-order valence-electron chi connectivity index (χ0n) is 6.69. The monoisotopic (exact) mass is 281 g/mol. The van der Waals surface area contributed by atoms with E-state index in [2.05, 4.69) is 49.9 Å². The first-order chi connectivity index (χ1) is 5.18. The van der Waals surface area contributed by atoms with Crippen molar-refractivity contribution in [2.24, 2.45) is 5.92 Å². The van der Waals surface area contributed by atoms with Crippen LogP contribution in [0.25, 0.3) is 0 Å². The molecule has 0 aliphatic carbocycles. The summed E-state index contributed by atoms with van der Waals surface area (Å²) in [7, 11) is 2.18. The van der Waals surface area contributed by atoms with Crippen molar-refractivity contribution in [1.82, 2.24) is 4.90 Å². The molecule has 0 N–H and O–H groups in total. The quantitative estimate of drug-likeness (QED) is 0.715. The minimum atomic E-state index is 0.764. The minimum Gasteiger partial charge on any atom is -0.306 e. The summed E-state index contributed by atoms with van der Waals surface area (Å²) in [6.45, 7) is 2.46. The molecule has 0 aromatic heterocycles. The van der Waals surface area contributed by atoms with E-state index < -0.39 is 0 Å². The molecule has 0 amide bonds. The Hall–Kier alpha value is 0.660. The summed E-state index contributed by atoms with van der Waals surface area (Å²) >= 11 is 6.78. The Balaban J connectivity index is 2.34. The van der Waals surface area contributed by atoms with Gasteiger partial charge in [-0.15, -0.1) is 0 Å². The van der Waals surface area contributed by atoms with Crippen LogP contribution >= 0.6 is 31.9 Å².